The van der Waals surface area contributed by atoms with E-state index in [-0.39, 0.29) is 0 Å². The maximum absolute atomic E-state index is 4.16. The van der Waals surface area contributed by atoms with E-state index in [0.29, 0.717) is 5.92 Å². The predicted molar refractivity (Wildman–Crippen MR) is 44.5 cm³/mol. The van der Waals surface area contributed by atoms with E-state index in [2.05, 4.69) is 29.9 Å². The van der Waals surface area contributed by atoms with Crippen LogP contribution in [-0.4, -0.2) is 12.6 Å². The Morgan fingerprint density at radius 2 is 2.30 bits per heavy atom. The van der Waals surface area contributed by atoms with Crippen LogP contribution in [0.3, 0.4) is 0 Å². The summed E-state index contributed by atoms with van der Waals surface area (Å²) >= 11 is 0. The van der Waals surface area contributed by atoms with E-state index in [9.17, 15) is 0 Å². The molecule has 0 saturated carbocycles. The third kappa shape index (κ3) is 1.79. The van der Waals surface area contributed by atoms with E-state index in [0.717, 1.165) is 12.1 Å². The Labute approximate surface area is 61.4 Å². The van der Waals surface area contributed by atoms with Crippen LogP contribution in [0, 0.1) is 5.92 Å². The van der Waals surface area contributed by atoms with Crippen LogP contribution in [0.15, 0.2) is 21.8 Å². The normalized spacial score (nSPS) is 17.3. The first-order chi connectivity index (χ1) is 4.80. The fourth-order valence-electron chi connectivity index (χ4n) is 0.819. The molecule has 1 aliphatic rings. The van der Waals surface area contributed by atoms with Crippen molar-refractivity contribution in [3.05, 3.63) is 11.8 Å². The molecular weight excluding hydrogens is 124 g/mol. The maximum Gasteiger partial charge on any atom is 0.115 e. The Morgan fingerprint density at radius 1 is 1.50 bits per heavy atom. The van der Waals surface area contributed by atoms with Gasteiger partial charge < -0.3 is 0 Å². The van der Waals surface area contributed by atoms with Crippen molar-refractivity contribution in [2.75, 3.05) is 0 Å². The van der Waals surface area contributed by atoms with E-state index in [1.807, 2.05) is 6.21 Å². The maximum atomic E-state index is 4.16. The third-order valence-corrected chi connectivity index (χ3v) is 1.40. The first kappa shape index (κ1) is 7.19. The molecule has 0 unspecified atom stereocenters. The van der Waals surface area contributed by atoms with Crippen molar-refractivity contribution in [1.29, 1.82) is 0 Å². The molecule has 0 aromatic carbocycles. The number of hydrogen-bond acceptors (Lipinski definition) is 2. The highest BCUT2D eigenvalue weighted by molar-refractivity contribution is 5.75. The van der Waals surface area contributed by atoms with Gasteiger partial charge in [0.15, 0.2) is 0 Å². The van der Waals surface area contributed by atoms with E-state index < -0.39 is 0 Å². The molecule has 10 heavy (non-hydrogen) atoms. The number of nitrogens with zero attached hydrogens (tertiary/aromatic N) is 2. The summed E-state index contributed by atoms with van der Waals surface area (Å²) in [6.07, 6.45) is 6.49. The number of rotatable bonds is 1. The molecule has 0 radical (unpaired) electrons. The molecule has 0 amide bonds. The molecule has 2 nitrogen and oxygen atoms in total. The highest BCUT2D eigenvalue weighted by Gasteiger charge is 1.99. The molecular formula is C8H12N2. The quantitative estimate of drug-likeness (QED) is 0.527. The third-order valence-electron chi connectivity index (χ3n) is 1.40. The molecule has 0 spiro atoms. The average Bonchev–Trinajstić information content (AvgIpc) is 2.12. The number of allylic oxidation sites excluding steroid dienone is 2. The van der Waals surface area contributed by atoms with Crippen molar-refractivity contribution in [1.82, 2.24) is 0 Å². The summed E-state index contributed by atoms with van der Waals surface area (Å²) in [4.78, 5) is 8.10. The zero-order valence-electron chi connectivity index (χ0n) is 6.41. The highest BCUT2D eigenvalue weighted by Crippen LogP contribution is 2.11. The van der Waals surface area contributed by atoms with Gasteiger partial charge in [0.1, 0.15) is 6.34 Å². The van der Waals surface area contributed by atoms with Gasteiger partial charge in [0, 0.05) is 18.3 Å². The van der Waals surface area contributed by atoms with Crippen LogP contribution in [0.25, 0.3) is 0 Å². The first-order valence-electron chi connectivity index (χ1n) is 3.55. The van der Waals surface area contributed by atoms with Crippen molar-refractivity contribution in [2.45, 2.75) is 20.3 Å². The summed E-state index contributed by atoms with van der Waals surface area (Å²) in [5.74, 6) is 0.512. The van der Waals surface area contributed by atoms with Gasteiger partial charge in [-0.2, -0.15) is 0 Å². The summed E-state index contributed by atoms with van der Waals surface area (Å²) in [5.41, 5.74) is 1.14. The van der Waals surface area contributed by atoms with Crippen LogP contribution < -0.4 is 0 Å². The van der Waals surface area contributed by atoms with Crippen LogP contribution in [-0.2, 0) is 0 Å². The van der Waals surface area contributed by atoms with Gasteiger partial charge in [-0.05, 0) is 5.92 Å². The van der Waals surface area contributed by atoms with Crippen LogP contribution in [0.1, 0.15) is 20.3 Å². The smallest absolute Gasteiger partial charge is 0.115 e. The molecule has 1 aliphatic heterocycles. The monoisotopic (exact) mass is 136 g/mol. The van der Waals surface area contributed by atoms with Crippen molar-refractivity contribution in [3.63, 3.8) is 0 Å². The topological polar surface area (TPSA) is 24.7 Å². The van der Waals surface area contributed by atoms with E-state index in [1.54, 1.807) is 6.34 Å². The molecule has 2 heteroatoms. The first-order valence-corrected chi connectivity index (χ1v) is 3.55. The van der Waals surface area contributed by atoms with Gasteiger partial charge in [0.2, 0.25) is 0 Å². The summed E-state index contributed by atoms with van der Waals surface area (Å²) in [6.45, 7) is 4.27. The largest absolute Gasteiger partial charge is 0.249 e. The van der Waals surface area contributed by atoms with E-state index in [1.165, 1.54) is 0 Å². The predicted octanol–water partition coefficient (Wildman–Crippen LogP) is 2.03. The van der Waals surface area contributed by atoms with Gasteiger partial charge in [0.05, 0.1) is 0 Å². The van der Waals surface area contributed by atoms with Crippen LogP contribution in [0.5, 0.6) is 0 Å². The fraction of sp³-hybridized carbons (Fsp3) is 0.500. The number of hydrogen-bond donors (Lipinski definition) is 0. The highest BCUT2D eigenvalue weighted by atomic mass is 14.9. The lowest BCUT2D eigenvalue weighted by atomic mass is 10.1. The van der Waals surface area contributed by atoms with Crippen LogP contribution in [0.4, 0.5) is 0 Å². The molecule has 0 aromatic heterocycles. The minimum atomic E-state index is 0.512. The van der Waals surface area contributed by atoms with Crippen molar-refractivity contribution < 1.29 is 0 Å². The van der Waals surface area contributed by atoms with Gasteiger partial charge in [-0.3, -0.25) is 0 Å². The Kier molecular flexibility index (Phi) is 2.37. The van der Waals surface area contributed by atoms with E-state index in [4.69, 9.17) is 0 Å². The lowest BCUT2D eigenvalue weighted by Gasteiger charge is -2.01. The van der Waals surface area contributed by atoms with Gasteiger partial charge in [0.25, 0.3) is 0 Å². The summed E-state index contributed by atoms with van der Waals surface area (Å²) in [6, 6.07) is 0. The number of aliphatic imine (C=N–C) groups is 2. The van der Waals surface area contributed by atoms with Crippen molar-refractivity contribution >= 4 is 12.6 Å². The van der Waals surface area contributed by atoms with Gasteiger partial charge >= 0.3 is 0 Å². The van der Waals surface area contributed by atoms with E-state index >= 15 is 0 Å². The fourth-order valence-corrected chi connectivity index (χ4v) is 0.819. The molecule has 0 saturated heterocycles. The molecule has 0 N–H and O–H groups in total. The molecule has 0 bridgehead atoms. The van der Waals surface area contributed by atoms with Crippen molar-refractivity contribution in [3.8, 4) is 0 Å². The van der Waals surface area contributed by atoms with Gasteiger partial charge in [-0.25, -0.2) is 9.98 Å². The Hall–Kier alpha value is -0.920. The molecule has 0 fully saturated rings. The zero-order valence-corrected chi connectivity index (χ0v) is 6.41. The van der Waals surface area contributed by atoms with Crippen molar-refractivity contribution in [2.24, 2.45) is 15.9 Å². The minimum Gasteiger partial charge on any atom is -0.249 e. The lowest BCUT2D eigenvalue weighted by molar-refractivity contribution is 0.756. The molecule has 1 heterocycles. The second-order valence-corrected chi connectivity index (χ2v) is 2.60. The molecule has 0 aliphatic carbocycles. The second kappa shape index (κ2) is 3.30. The lowest BCUT2D eigenvalue weighted by Crippen LogP contribution is -1.89. The van der Waals surface area contributed by atoms with Gasteiger partial charge in [-0.1, -0.05) is 19.9 Å². The summed E-state index contributed by atoms with van der Waals surface area (Å²) < 4.78 is 0. The summed E-state index contributed by atoms with van der Waals surface area (Å²) in [5, 5.41) is 0. The Bertz CT molecular complexity index is 187. The Balaban J connectivity index is 2.69. The zero-order chi connectivity index (χ0) is 7.40. The molecule has 1 rings (SSSR count). The molecule has 54 valence electrons. The average molecular weight is 136 g/mol. The second-order valence-electron chi connectivity index (χ2n) is 2.60. The van der Waals surface area contributed by atoms with Crippen LogP contribution in [0.2, 0.25) is 0 Å². The standard InChI is InChI=1S/C8H12N2/c1-7(2)8-4-3-5-9-6-10-8/h4-7H,3H2,1-2H3. The summed E-state index contributed by atoms with van der Waals surface area (Å²) in [7, 11) is 0. The van der Waals surface area contributed by atoms with Crippen LogP contribution >= 0.6 is 0 Å². The minimum absolute atomic E-state index is 0.512. The molecule has 0 atom stereocenters. The SMILES string of the molecule is CC(C)C1=CCC=NC=N1. The van der Waals surface area contributed by atoms with Gasteiger partial charge in [-0.15, -0.1) is 0 Å². The Morgan fingerprint density at radius 3 is 3.00 bits per heavy atom. The molecule has 0 aromatic rings.